The van der Waals surface area contributed by atoms with Crippen LogP contribution in [-0.4, -0.2) is 63.0 Å². The molecule has 0 radical (unpaired) electrons. The zero-order valence-corrected chi connectivity index (χ0v) is 23.5. The Balaban J connectivity index is 1.27. The Morgan fingerprint density at radius 3 is 2.55 bits per heavy atom. The van der Waals surface area contributed by atoms with Gasteiger partial charge in [-0.25, -0.2) is 9.19 Å². The van der Waals surface area contributed by atoms with Crippen LogP contribution in [0.4, 0.5) is 11.5 Å². The zero-order valence-electron chi connectivity index (χ0n) is 22.7. The number of hydrogen-bond donors (Lipinski definition) is 3. The van der Waals surface area contributed by atoms with Crippen LogP contribution in [0.15, 0.2) is 68.1 Å². The molecule has 0 spiro atoms. The first-order valence-electron chi connectivity index (χ1n) is 13.3. The summed E-state index contributed by atoms with van der Waals surface area (Å²) in [6.07, 6.45) is 4.18. The first kappa shape index (κ1) is 27.4. The smallest absolute Gasteiger partial charge is 0.269 e. The van der Waals surface area contributed by atoms with E-state index in [4.69, 9.17) is 4.42 Å². The molecule has 2 aromatic heterocycles. The molecule has 4 heterocycles. The summed E-state index contributed by atoms with van der Waals surface area (Å²) >= 11 is -1.82. The standard InChI is InChI=1S/C28H33N7O4S/c1-4-21(23-16-19(17-39-23)18(2)3)30-26-27(33-40(38)32-26)31-22-9-7-8-20(25(22)36)28(37)35-14-12-34(13-15-35)24-10-5-6-11-29-24/h5-11,16-18,21,36H,4,12-15H2,1-3H3,(H,30,32)(H,31,33)/t21-,40?/m1/s1. The van der Waals surface area contributed by atoms with E-state index in [9.17, 15) is 14.1 Å². The lowest BCUT2D eigenvalue weighted by molar-refractivity contribution is 0.0743. The highest BCUT2D eigenvalue weighted by Crippen LogP contribution is 2.30. The summed E-state index contributed by atoms with van der Waals surface area (Å²) in [5.74, 6) is 1.96. The zero-order chi connectivity index (χ0) is 28.2. The molecule has 1 fully saturated rings. The van der Waals surface area contributed by atoms with Gasteiger partial charge >= 0.3 is 0 Å². The Bertz CT molecular complexity index is 1450. The number of anilines is 2. The lowest BCUT2D eigenvalue weighted by atomic mass is 10.1. The summed E-state index contributed by atoms with van der Waals surface area (Å²) < 4.78 is 26.2. The average Bonchev–Trinajstić information content (AvgIpc) is 3.60. The Morgan fingerprint density at radius 2 is 1.88 bits per heavy atom. The van der Waals surface area contributed by atoms with Crippen molar-refractivity contribution < 1.29 is 18.5 Å². The van der Waals surface area contributed by atoms with E-state index in [1.165, 1.54) is 0 Å². The van der Waals surface area contributed by atoms with E-state index in [-0.39, 0.29) is 40.6 Å². The predicted octanol–water partition coefficient (Wildman–Crippen LogP) is 4.01. The highest BCUT2D eigenvalue weighted by Gasteiger charge is 2.28. The monoisotopic (exact) mass is 563 g/mol. The minimum absolute atomic E-state index is 0.172. The van der Waals surface area contributed by atoms with Crippen LogP contribution >= 0.6 is 0 Å². The van der Waals surface area contributed by atoms with Gasteiger partial charge in [0.15, 0.2) is 17.4 Å². The maximum atomic E-state index is 13.3. The molecule has 1 unspecified atom stereocenters. The molecule has 0 bridgehead atoms. The Morgan fingerprint density at radius 1 is 1.10 bits per heavy atom. The fourth-order valence-electron chi connectivity index (χ4n) is 4.63. The van der Waals surface area contributed by atoms with Crippen LogP contribution in [0.3, 0.4) is 0 Å². The van der Waals surface area contributed by atoms with Crippen molar-refractivity contribution in [2.75, 3.05) is 36.4 Å². The lowest BCUT2D eigenvalue weighted by Crippen LogP contribution is -2.49. The number of rotatable bonds is 7. The molecule has 40 heavy (non-hydrogen) atoms. The third-order valence-corrected chi connectivity index (χ3v) is 7.67. The van der Waals surface area contributed by atoms with E-state index >= 15 is 0 Å². The van der Waals surface area contributed by atoms with E-state index in [0.717, 1.165) is 17.1 Å². The molecular weight excluding hydrogens is 530 g/mol. The van der Waals surface area contributed by atoms with Crippen molar-refractivity contribution in [2.24, 2.45) is 8.80 Å². The van der Waals surface area contributed by atoms with E-state index in [1.54, 1.807) is 35.6 Å². The molecule has 12 heteroatoms. The average molecular weight is 564 g/mol. The number of aromatic nitrogens is 1. The molecule has 1 saturated heterocycles. The van der Waals surface area contributed by atoms with Crippen molar-refractivity contribution in [3.05, 3.63) is 71.8 Å². The Kier molecular flexibility index (Phi) is 8.15. The Hall–Kier alpha value is -4.19. The van der Waals surface area contributed by atoms with E-state index in [2.05, 4.69) is 43.2 Å². The third kappa shape index (κ3) is 5.86. The van der Waals surface area contributed by atoms with Gasteiger partial charge in [0, 0.05) is 32.4 Å². The summed E-state index contributed by atoms with van der Waals surface area (Å²) in [6.45, 7) is 8.48. The van der Waals surface area contributed by atoms with Gasteiger partial charge in [0.2, 0.25) is 0 Å². The van der Waals surface area contributed by atoms with Crippen LogP contribution < -0.4 is 15.5 Å². The number of carbonyl (C=O) groups is 1. The van der Waals surface area contributed by atoms with Crippen molar-refractivity contribution in [1.82, 2.24) is 15.2 Å². The van der Waals surface area contributed by atoms with E-state index < -0.39 is 11.2 Å². The molecule has 0 aliphatic carbocycles. The molecule has 5 rings (SSSR count). The van der Waals surface area contributed by atoms with Crippen molar-refractivity contribution in [3.8, 4) is 5.75 Å². The van der Waals surface area contributed by atoms with Crippen molar-refractivity contribution >= 4 is 40.3 Å². The van der Waals surface area contributed by atoms with Gasteiger partial charge in [-0.1, -0.05) is 32.9 Å². The number of amidine groups is 2. The number of hydrogen-bond acceptors (Lipinski definition) is 8. The second kappa shape index (κ2) is 11.9. The highest BCUT2D eigenvalue weighted by molar-refractivity contribution is 7.83. The van der Waals surface area contributed by atoms with Crippen LogP contribution in [0.25, 0.3) is 0 Å². The van der Waals surface area contributed by atoms with Gasteiger partial charge in [0.1, 0.15) is 11.6 Å². The quantitative estimate of drug-likeness (QED) is 0.367. The molecule has 1 amide bonds. The number of benzene rings is 1. The van der Waals surface area contributed by atoms with Crippen LogP contribution in [0.2, 0.25) is 0 Å². The number of phenolic OH excluding ortho intramolecular Hbond substituents is 1. The number of pyridine rings is 1. The highest BCUT2D eigenvalue weighted by atomic mass is 32.2. The topological polar surface area (TPSA) is 136 Å². The number of phenols is 1. The van der Waals surface area contributed by atoms with Crippen LogP contribution in [-0.2, 0) is 11.2 Å². The minimum Gasteiger partial charge on any atom is -0.505 e. The van der Waals surface area contributed by atoms with Crippen LogP contribution in [0.1, 0.15) is 60.8 Å². The SMILES string of the molecule is CC[C@@H](NC1=NS(=O)N=C1Nc1cccc(C(=O)N2CCN(c3ccccn3)CC2)c1O)c1cc(C(C)C)co1. The molecular formula is C28H33N7O4S. The number of para-hydroxylation sites is 1. The van der Waals surface area contributed by atoms with Gasteiger partial charge < -0.3 is 30.0 Å². The number of aromatic hydroxyl groups is 1. The molecule has 2 aliphatic rings. The van der Waals surface area contributed by atoms with Gasteiger partial charge in [-0.2, -0.15) is 0 Å². The number of carbonyl (C=O) groups excluding carboxylic acids is 1. The predicted molar refractivity (Wildman–Crippen MR) is 156 cm³/mol. The van der Waals surface area contributed by atoms with Crippen molar-refractivity contribution in [3.63, 3.8) is 0 Å². The molecule has 2 aliphatic heterocycles. The molecule has 11 nitrogen and oxygen atoms in total. The van der Waals surface area contributed by atoms with Gasteiger partial charge in [-0.15, -0.1) is 8.80 Å². The minimum atomic E-state index is -1.82. The van der Waals surface area contributed by atoms with Gasteiger partial charge in [0.05, 0.1) is 23.6 Å². The summed E-state index contributed by atoms with van der Waals surface area (Å²) in [6, 6.07) is 12.4. The number of nitrogens with one attached hydrogen (secondary N) is 2. The summed E-state index contributed by atoms with van der Waals surface area (Å²) in [7, 11) is 0. The molecule has 210 valence electrons. The van der Waals surface area contributed by atoms with Crippen LogP contribution in [0.5, 0.6) is 5.75 Å². The number of amides is 1. The second-order valence-electron chi connectivity index (χ2n) is 9.95. The first-order valence-corrected chi connectivity index (χ1v) is 14.4. The van der Waals surface area contributed by atoms with Gasteiger partial charge in [0.25, 0.3) is 17.1 Å². The van der Waals surface area contributed by atoms with Gasteiger partial charge in [-0.05, 0) is 48.2 Å². The fraction of sp³-hybridized carbons (Fsp3) is 0.357. The summed E-state index contributed by atoms with van der Waals surface area (Å²) in [5.41, 5.74) is 1.52. The number of piperazine rings is 1. The third-order valence-electron chi connectivity index (χ3n) is 6.99. The number of nitrogens with zero attached hydrogens (tertiary/aromatic N) is 5. The lowest BCUT2D eigenvalue weighted by Gasteiger charge is -2.35. The Labute approximate surface area is 235 Å². The summed E-state index contributed by atoms with van der Waals surface area (Å²) in [4.78, 5) is 21.6. The fourth-order valence-corrected chi connectivity index (χ4v) is 5.25. The maximum Gasteiger partial charge on any atom is 0.269 e. The maximum absolute atomic E-state index is 13.3. The molecule has 2 atom stereocenters. The van der Waals surface area contributed by atoms with Crippen molar-refractivity contribution in [1.29, 1.82) is 0 Å². The molecule has 0 saturated carbocycles. The first-order chi connectivity index (χ1) is 19.3. The second-order valence-corrected chi connectivity index (χ2v) is 10.8. The number of furan rings is 1. The normalized spacial score (nSPS) is 17.9. The van der Waals surface area contributed by atoms with Gasteiger partial charge in [-0.3, -0.25) is 4.79 Å². The van der Waals surface area contributed by atoms with E-state index in [0.29, 0.717) is 38.5 Å². The van der Waals surface area contributed by atoms with Crippen LogP contribution in [0, 0.1) is 0 Å². The summed E-state index contributed by atoms with van der Waals surface area (Å²) in [5, 5.41) is 17.3. The molecule has 3 N–H and O–H groups in total. The molecule has 1 aromatic carbocycles. The van der Waals surface area contributed by atoms with Crippen molar-refractivity contribution in [2.45, 2.75) is 39.2 Å². The molecule has 3 aromatic rings. The van der Waals surface area contributed by atoms with E-state index in [1.807, 2.05) is 31.2 Å². The largest absolute Gasteiger partial charge is 0.505 e.